The quantitative estimate of drug-likeness (QED) is 0.728. The van der Waals surface area contributed by atoms with Crippen LogP contribution in [0.1, 0.15) is 0 Å². The fourth-order valence-corrected chi connectivity index (χ4v) is 2.09. The van der Waals surface area contributed by atoms with Crippen molar-refractivity contribution in [3.63, 3.8) is 0 Å². The Bertz CT molecular complexity index is 818. The maximum Gasteiger partial charge on any atom is 0.323 e. The van der Waals surface area contributed by atoms with Gasteiger partial charge < -0.3 is 9.42 Å². The van der Waals surface area contributed by atoms with Gasteiger partial charge in [0.05, 0.1) is 15.7 Å². The molecule has 0 N–H and O–H groups in total. The minimum Gasteiger partial charge on any atom is -0.331 e. The zero-order valence-corrected chi connectivity index (χ0v) is 13.3. The number of hydrogen-bond donors (Lipinski definition) is 0. The molecule has 6 nitrogen and oxygen atoms in total. The first-order valence-electron chi connectivity index (χ1n) is 6.33. The van der Waals surface area contributed by atoms with Gasteiger partial charge >= 0.3 is 6.01 Å². The molecule has 0 saturated heterocycles. The third kappa shape index (κ3) is 2.88. The first-order valence-corrected chi connectivity index (χ1v) is 7.09. The second-order valence-electron chi connectivity index (χ2n) is 4.71. The average molecular weight is 336 g/mol. The molecule has 0 aliphatic heterocycles. The number of benzene rings is 1. The van der Waals surface area contributed by atoms with Gasteiger partial charge in [0.1, 0.15) is 12.0 Å². The molecule has 0 bridgehead atoms. The topological polar surface area (TPSA) is 67.9 Å². The van der Waals surface area contributed by atoms with Gasteiger partial charge in [-0.05, 0) is 18.2 Å². The zero-order valence-electron chi connectivity index (χ0n) is 11.8. The molecule has 0 atom stereocenters. The zero-order chi connectivity index (χ0) is 15.7. The van der Waals surface area contributed by atoms with Crippen LogP contribution >= 0.6 is 23.2 Å². The molecule has 0 saturated carbocycles. The molecule has 0 aliphatic rings. The van der Waals surface area contributed by atoms with Crippen molar-refractivity contribution in [2.24, 2.45) is 0 Å². The molecule has 0 spiro atoms. The molecule has 0 fully saturated rings. The van der Waals surface area contributed by atoms with E-state index < -0.39 is 0 Å². The van der Waals surface area contributed by atoms with Gasteiger partial charge in [-0.2, -0.15) is 4.98 Å². The van der Waals surface area contributed by atoms with Gasteiger partial charge in [0.15, 0.2) is 0 Å². The number of hydrogen-bond acceptors (Lipinski definition) is 6. The summed E-state index contributed by atoms with van der Waals surface area (Å²) in [6.45, 7) is 0. The molecule has 0 radical (unpaired) electrons. The number of halogens is 2. The molecule has 3 rings (SSSR count). The Balaban J connectivity index is 1.99. The lowest BCUT2D eigenvalue weighted by molar-refractivity contribution is 0.423. The molecule has 1 aromatic carbocycles. The highest BCUT2D eigenvalue weighted by molar-refractivity contribution is 6.42. The highest BCUT2D eigenvalue weighted by Crippen LogP contribution is 2.28. The van der Waals surface area contributed by atoms with Crippen LogP contribution in [-0.2, 0) is 0 Å². The van der Waals surface area contributed by atoms with Gasteiger partial charge in [0.25, 0.3) is 0 Å². The molecular weight excluding hydrogens is 325 g/mol. The first kappa shape index (κ1) is 14.7. The van der Waals surface area contributed by atoms with Crippen molar-refractivity contribution in [3.05, 3.63) is 40.6 Å². The molecule has 3 aromatic rings. The first-order chi connectivity index (χ1) is 10.5. The molecule has 2 heterocycles. The van der Waals surface area contributed by atoms with Crippen LogP contribution in [0.15, 0.2) is 35.1 Å². The molecule has 0 amide bonds. The van der Waals surface area contributed by atoms with Gasteiger partial charge in [-0.15, -0.1) is 0 Å². The number of nitrogens with zero attached hydrogens (tertiary/aromatic N) is 5. The predicted octanol–water partition coefficient (Wildman–Crippen LogP) is 3.57. The number of aromatic nitrogens is 4. The maximum absolute atomic E-state index is 6.04. The van der Waals surface area contributed by atoms with Crippen molar-refractivity contribution in [2.45, 2.75) is 0 Å². The van der Waals surface area contributed by atoms with E-state index in [1.807, 2.05) is 20.2 Å². The smallest absolute Gasteiger partial charge is 0.323 e. The van der Waals surface area contributed by atoms with Crippen molar-refractivity contribution in [1.29, 1.82) is 0 Å². The maximum atomic E-state index is 6.04. The van der Waals surface area contributed by atoms with Crippen LogP contribution in [0.25, 0.3) is 22.8 Å². The largest absolute Gasteiger partial charge is 0.331 e. The van der Waals surface area contributed by atoms with E-state index >= 15 is 0 Å². The van der Waals surface area contributed by atoms with E-state index in [1.165, 1.54) is 6.33 Å². The molecule has 0 aliphatic carbocycles. The summed E-state index contributed by atoms with van der Waals surface area (Å²) in [7, 11) is 3.64. The van der Waals surface area contributed by atoms with E-state index in [0.717, 1.165) is 5.56 Å². The van der Waals surface area contributed by atoms with Crippen molar-refractivity contribution in [1.82, 2.24) is 20.1 Å². The minimum atomic E-state index is 0.396. The second kappa shape index (κ2) is 5.90. The summed E-state index contributed by atoms with van der Waals surface area (Å²) >= 11 is 12.0. The van der Waals surface area contributed by atoms with Crippen LogP contribution in [0.2, 0.25) is 10.0 Å². The van der Waals surface area contributed by atoms with E-state index in [0.29, 0.717) is 33.3 Å². The molecular formula is C14H11Cl2N5O. The van der Waals surface area contributed by atoms with Crippen molar-refractivity contribution in [2.75, 3.05) is 19.0 Å². The summed E-state index contributed by atoms with van der Waals surface area (Å²) in [5.41, 5.74) is 2.09. The summed E-state index contributed by atoms with van der Waals surface area (Å²) in [6.07, 6.45) is 1.44. The normalized spacial score (nSPS) is 10.7. The van der Waals surface area contributed by atoms with Crippen LogP contribution in [0.5, 0.6) is 0 Å². The van der Waals surface area contributed by atoms with Crippen LogP contribution in [-0.4, -0.2) is 34.2 Å². The van der Waals surface area contributed by atoms with Crippen LogP contribution in [0, 0.1) is 0 Å². The van der Waals surface area contributed by atoms with E-state index in [-0.39, 0.29) is 0 Å². The molecule has 8 heteroatoms. The second-order valence-corrected chi connectivity index (χ2v) is 5.53. The highest BCUT2D eigenvalue weighted by atomic mass is 35.5. The highest BCUT2D eigenvalue weighted by Gasteiger charge is 2.13. The van der Waals surface area contributed by atoms with Crippen molar-refractivity contribution < 1.29 is 4.52 Å². The summed E-state index contributed by atoms with van der Waals surface area (Å²) in [5.74, 6) is 0.396. The Labute approximate surface area is 136 Å². The predicted molar refractivity (Wildman–Crippen MR) is 85.1 cm³/mol. The van der Waals surface area contributed by atoms with Crippen LogP contribution < -0.4 is 4.90 Å². The molecule has 2 aromatic heterocycles. The van der Waals surface area contributed by atoms with Gasteiger partial charge in [-0.1, -0.05) is 34.4 Å². The SMILES string of the molecule is CN(C)c1nc(-c2cc(-c3ccc(Cl)c(Cl)c3)ncn2)no1. The fourth-order valence-electron chi connectivity index (χ4n) is 1.79. The molecule has 0 unspecified atom stereocenters. The van der Waals surface area contributed by atoms with Crippen LogP contribution in [0.4, 0.5) is 6.01 Å². The van der Waals surface area contributed by atoms with Gasteiger partial charge in [-0.3, -0.25) is 0 Å². The average Bonchev–Trinajstić information content (AvgIpc) is 3.00. The summed E-state index contributed by atoms with van der Waals surface area (Å²) < 4.78 is 5.13. The van der Waals surface area contributed by atoms with E-state index in [9.17, 15) is 0 Å². The van der Waals surface area contributed by atoms with E-state index in [1.54, 1.807) is 23.1 Å². The summed E-state index contributed by atoms with van der Waals surface area (Å²) in [4.78, 5) is 14.4. The van der Waals surface area contributed by atoms with Gasteiger partial charge in [0, 0.05) is 19.7 Å². The van der Waals surface area contributed by atoms with Crippen molar-refractivity contribution >= 4 is 29.2 Å². The molecule has 112 valence electrons. The lowest BCUT2D eigenvalue weighted by atomic mass is 10.1. The Morgan fingerprint density at radius 3 is 2.45 bits per heavy atom. The summed E-state index contributed by atoms with van der Waals surface area (Å²) in [5, 5.41) is 4.87. The van der Waals surface area contributed by atoms with Crippen LogP contribution in [0.3, 0.4) is 0 Å². The fraction of sp³-hybridized carbons (Fsp3) is 0.143. The monoisotopic (exact) mass is 335 g/mol. The van der Waals surface area contributed by atoms with Crippen molar-refractivity contribution in [3.8, 4) is 22.8 Å². The Kier molecular flexibility index (Phi) is 3.96. The molecule has 22 heavy (non-hydrogen) atoms. The Hall–Kier alpha value is -2.18. The third-order valence-corrected chi connectivity index (χ3v) is 3.65. The third-order valence-electron chi connectivity index (χ3n) is 2.91. The van der Waals surface area contributed by atoms with Gasteiger partial charge in [0.2, 0.25) is 5.82 Å². The minimum absolute atomic E-state index is 0.396. The lowest BCUT2D eigenvalue weighted by Gasteiger charge is -2.04. The Morgan fingerprint density at radius 2 is 1.77 bits per heavy atom. The summed E-state index contributed by atoms with van der Waals surface area (Å²) in [6, 6.07) is 7.48. The van der Waals surface area contributed by atoms with Gasteiger partial charge in [-0.25, -0.2) is 9.97 Å². The number of anilines is 1. The number of rotatable bonds is 3. The lowest BCUT2D eigenvalue weighted by Crippen LogP contribution is -2.08. The Morgan fingerprint density at radius 1 is 1.00 bits per heavy atom. The van der Waals surface area contributed by atoms with E-state index in [2.05, 4.69) is 20.1 Å². The standard InChI is InChI=1S/C14H11Cl2N5O/c1-21(2)14-19-13(20-22-14)12-6-11(17-7-18-12)8-3-4-9(15)10(16)5-8/h3-7H,1-2H3. The van der Waals surface area contributed by atoms with E-state index in [4.69, 9.17) is 27.7 Å².